The summed E-state index contributed by atoms with van der Waals surface area (Å²) >= 11 is 0. The number of fused-ring (bicyclic) bond motifs is 1. The van der Waals surface area contributed by atoms with E-state index in [9.17, 15) is 19.2 Å². The van der Waals surface area contributed by atoms with Crippen LogP contribution in [0.15, 0.2) is 66.7 Å². The Morgan fingerprint density at radius 2 is 1.43 bits per heavy atom. The number of likely N-dealkylation sites (tertiary alicyclic amines) is 1. The lowest BCUT2D eigenvalue weighted by Gasteiger charge is -2.16. The van der Waals surface area contributed by atoms with Crippen molar-refractivity contribution < 1.29 is 19.2 Å². The minimum atomic E-state index is -0.525. The van der Waals surface area contributed by atoms with Crippen LogP contribution in [0.4, 0.5) is 11.4 Å². The normalized spacial score (nSPS) is 20.1. The summed E-state index contributed by atoms with van der Waals surface area (Å²) in [4.78, 5) is 51.4. The third-order valence-corrected chi connectivity index (χ3v) is 5.38. The van der Waals surface area contributed by atoms with Gasteiger partial charge in [-0.25, -0.2) is 0 Å². The van der Waals surface area contributed by atoms with Crippen LogP contribution < -0.4 is 10.6 Å². The highest BCUT2D eigenvalue weighted by Crippen LogP contribution is 2.34. The number of hydrogen-bond acceptors (Lipinski definition) is 4. The van der Waals surface area contributed by atoms with Crippen LogP contribution in [0.3, 0.4) is 0 Å². The van der Waals surface area contributed by atoms with Crippen LogP contribution in [0.2, 0.25) is 0 Å². The number of imide groups is 1. The minimum Gasteiger partial charge on any atom is -0.324 e. The van der Waals surface area contributed by atoms with E-state index in [1.807, 2.05) is 18.2 Å². The number of rotatable bonds is 5. The molecule has 1 saturated heterocycles. The highest BCUT2D eigenvalue weighted by atomic mass is 16.2. The van der Waals surface area contributed by atoms with Gasteiger partial charge in [0.25, 0.3) is 5.91 Å². The number of carbonyl (C=O) groups excluding carboxylic acids is 4. The molecule has 1 aliphatic carbocycles. The Hall–Kier alpha value is -3.74. The molecule has 2 N–H and O–H groups in total. The topological polar surface area (TPSA) is 95.6 Å². The smallest absolute Gasteiger partial charge is 0.257 e. The van der Waals surface area contributed by atoms with E-state index in [0.717, 1.165) is 4.90 Å². The predicted octanol–water partition coefficient (Wildman–Crippen LogP) is 2.83. The first-order valence-corrected chi connectivity index (χ1v) is 9.80. The highest BCUT2D eigenvalue weighted by Gasteiger charge is 2.47. The first-order valence-electron chi connectivity index (χ1n) is 9.80. The maximum absolute atomic E-state index is 12.6. The summed E-state index contributed by atoms with van der Waals surface area (Å²) in [6.07, 6.45) is 4.85. The zero-order chi connectivity index (χ0) is 21.1. The van der Waals surface area contributed by atoms with Gasteiger partial charge < -0.3 is 10.6 Å². The second kappa shape index (κ2) is 8.32. The lowest BCUT2D eigenvalue weighted by atomic mass is 9.85. The van der Waals surface area contributed by atoms with Gasteiger partial charge in [-0.2, -0.15) is 0 Å². The molecule has 2 aromatic rings. The lowest BCUT2D eigenvalue weighted by Crippen LogP contribution is -2.38. The van der Waals surface area contributed by atoms with E-state index in [-0.39, 0.29) is 41.7 Å². The summed E-state index contributed by atoms with van der Waals surface area (Å²) in [5.41, 5.74) is 1.23. The first kappa shape index (κ1) is 19.6. The molecule has 152 valence electrons. The fourth-order valence-corrected chi connectivity index (χ4v) is 3.87. The van der Waals surface area contributed by atoms with E-state index in [1.54, 1.807) is 48.5 Å². The third kappa shape index (κ3) is 3.87. The fraction of sp³-hybridized carbons (Fsp3) is 0.217. The molecule has 0 bridgehead atoms. The van der Waals surface area contributed by atoms with Gasteiger partial charge in [0.2, 0.25) is 17.7 Å². The minimum absolute atomic E-state index is 0.284. The van der Waals surface area contributed by atoms with Crippen molar-refractivity contribution in [3.8, 4) is 0 Å². The lowest BCUT2D eigenvalue weighted by molar-refractivity contribution is -0.142. The van der Waals surface area contributed by atoms with Crippen LogP contribution in [0.1, 0.15) is 23.2 Å². The zero-order valence-electron chi connectivity index (χ0n) is 16.2. The molecular formula is C23H21N3O4. The molecule has 0 radical (unpaired) electrons. The number of amides is 4. The molecule has 2 atom stereocenters. The van der Waals surface area contributed by atoms with Crippen LogP contribution in [0.5, 0.6) is 0 Å². The van der Waals surface area contributed by atoms with Crippen LogP contribution in [0.25, 0.3) is 0 Å². The van der Waals surface area contributed by atoms with E-state index in [1.165, 1.54) is 0 Å². The summed E-state index contributed by atoms with van der Waals surface area (Å²) in [6, 6.07) is 15.6. The van der Waals surface area contributed by atoms with E-state index in [2.05, 4.69) is 10.6 Å². The number of carbonyl (C=O) groups is 4. The number of allylic oxidation sites excluding steroid dienone is 2. The Morgan fingerprint density at radius 1 is 0.833 bits per heavy atom. The maximum Gasteiger partial charge on any atom is 0.257 e. The number of benzene rings is 2. The van der Waals surface area contributed by atoms with E-state index in [0.29, 0.717) is 24.2 Å². The molecule has 30 heavy (non-hydrogen) atoms. The average Bonchev–Trinajstić information content (AvgIpc) is 3.00. The van der Waals surface area contributed by atoms with Gasteiger partial charge in [-0.15, -0.1) is 0 Å². The fourth-order valence-electron chi connectivity index (χ4n) is 3.87. The number of nitrogens with zero attached hydrogens (tertiary/aromatic N) is 1. The van der Waals surface area contributed by atoms with E-state index in [4.69, 9.17) is 0 Å². The molecule has 0 saturated carbocycles. The third-order valence-electron chi connectivity index (χ3n) is 5.38. The molecule has 2 aromatic carbocycles. The number of para-hydroxylation sites is 2. The Bertz CT molecular complexity index is 1010. The van der Waals surface area contributed by atoms with Crippen LogP contribution in [-0.4, -0.2) is 35.1 Å². The molecule has 1 aliphatic heterocycles. The van der Waals surface area contributed by atoms with Gasteiger partial charge >= 0.3 is 0 Å². The molecule has 4 rings (SSSR count). The number of nitrogens with one attached hydrogen (secondary N) is 2. The summed E-state index contributed by atoms with van der Waals surface area (Å²) in [5.74, 6) is -2.26. The molecule has 1 fully saturated rings. The van der Waals surface area contributed by atoms with Gasteiger partial charge in [0, 0.05) is 5.69 Å². The largest absolute Gasteiger partial charge is 0.324 e. The molecule has 0 aromatic heterocycles. The van der Waals surface area contributed by atoms with Crippen molar-refractivity contribution in [2.45, 2.75) is 12.8 Å². The van der Waals surface area contributed by atoms with Crippen LogP contribution >= 0.6 is 0 Å². The number of anilines is 2. The van der Waals surface area contributed by atoms with Gasteiger partial charge in [-0.05, 0) is 37.1 Å². The monoisotopic (exact) mass is 403 g/mol. The zero-order valence-corrected chi connectivity index (χ0v) is 16.2. The summed E-state index contributed by atoms with van der Waals surface area (Å²) in [6.45, 7) is -0.362. The van der Waals surface area contributed by atoms with Crippen LogP contribution in [0, 0.1) is 11.8 Å². The van der Waals surface area contributed by atoms with Crippen molar-refractivity contribution in [3.63, 3.8) is 0 Å². The van der Waals surface area contributed by atoms with Gasteiger partial charge in [-0.3, -0.25) is 24.1 Å². The van der Waals surface area contributed by atoms with Crippen LogP contribution in [-0.2, 0) is 14.4 Å². The Kier molecular flexibility index (Phi) is 5.43. The molecule has 7 nitrogen and oxygen atoms in total. The standard InChI is InChI=1S/C23H21N3O4/c27-20(14-26-22(29)16-10-4-5-11-17(16)23(26)30)25-19-13-7-6-12-18(19)21(28)24-15-8-2-1-3-9-15/h1-9,12-13,16-17H,10-11,14H2,(H,24,28)(H,25,27)/t16-,17+. The van der Waals surface area contributed by atoms with Crippen molar-refractivity contribution in [1.82, 2.24) is 4.90 Å². The predicted molar refractivity (Wildman–Crippen MR) is 112 cm³/mol. The van der Waals surface area contributed by atoms with Crippen molar-refractivity contribution >= 4 is 35.0 Å². The second-order valence-electron chi connectivity index (χ2n) is 7.33. The highest BCUT2D eigenvalue weighted by molar-refractivity contribution is 6.12. The quantitative estimate of drug-likeness (QED) is 0.593. The Morgan fingerprint density at radius 3 is 2.10 bits per heavy atom. The Labute approximate surface area is 173 Å². The van der Waals surface area contributed by atoms with Crippen molar-refractivity contribution in [3.05, 3.63) is 72.3 Å². The van der Waals surface area contributed by atoms with Crippen molar-refractivity contribution in [2.24, 2.45) is 11.8 Å². The van der Waals surface area contributed by atoms with Crippen molar-refractivity contribution in [2.75, 3.05) is 17.2 Å². The average molecular weight is 403 g/mol. The number of hydrogen-bond donors (Lipinski definition) is 2. The second-order valence-corrected chi connectivity index (χ2v) is 7.33. The van der Waals surface area contributed by atoms with E-state index >= 15 is 0 Å². The van der Waals surface area contributed by atoms with Gasteiger partial charge in [0.1, 0.15) is 6.54 Å². The first-order chi connectivity index (χ1) is 14.5. The molecule has 1 heterocycles. The maximum atomic E-state index is 12.6. The summed E-state index contributed by atoms with van der Waals surface area (Å²) < 4.78 is 0. The Balaban J connectivity index is 1.45. The van der Waals surface area contributed by atoms with E-state index < -0.39 is 5.91 Å². The molecule has 4 amide bonds. The molecule has 2 aliphatic rings. The molecule has 0 spiro atoms. The summed E-state index contributed by atoms with van der Waals surface area (Å²) in [7, 11) is 0. The van der Waals surface area contributed by atoms with Gasteiger partial charge in [0.05, 0.1) is 23.1 Å². The molecule has 7 heteroatoms. The molecule has 0 unspecified atom stereocenters. The summed E-state index contributed by atoms with van der Waals surface area (Å²) in [5, 5.41) is 5.44. The van der Waals surface area contributed by atoms with Gasteiger partial charge in [0.15, 0.2) is 0 Å². The SMILES string of the molecule is O=C(CN1C(=O)[C@H]2CC=CC[C@H]2C1=O)Nc1ccccc1C(=O)Nc1ccccc1. The molecular weight excluding hydrogens is 382 g/mol. The van der Waals surface area contributed by atoms with Crippen molar-refractivity contribution in [1.29, 1.82) is 0 Å². The van der Waals surface area contributed by atoms with Gasteiger partial charge in [-0.1, -0.05) is 42.5 Å².